The third-order valence-corrected chi connectivity index (χ3v) is 6.33. The number of carboxylic acid groups (broad SMARTS) is 1. The summed E-state index contributed by atoms with van der Waals surface area (Å²) in [6.07, 6.45) is 5.54. The summed E-state index contributed by atoms with van der Waals surface area (Å²) < 4.78 is 5.93. The second-order valence-corrected chi connectivity index (χ2v) is 8.95. The van der Waals surface area contributed by atoms with Crippen molar-refractivity contribution in [1.82, 2.24) is 0 Å². The molecule has 0 aromatic heterocycles. The van der Waals surface area contributed by atoms with Crippen molar-refractivity contribution in [3.8, 4) is 0 Å². The molecular weight excluding hydrogens is 387 g/mol. The Morgan fingerprint density at radius 1 is 1.22 bits per heavy atom. The first-order valence-corrected chi connectivity index (χ1v) is 10.1. The van der Waals surface area contributed by atoms with Crippen LogP contribution in [0.4, 0.5) is 0 Å². The van der Waals surface area contributed by atoms with Gasteiger partial charge in [0.15, 0.2) is 0 Å². The number of esters is 1. The molecular formula is C21H24Cl2O4. The van der Waals surface area contributed by atoms with Gasteiger partial charge in [-0.2, -0.15) is 0 Å². The van der Waals surface area contributed by atoms with E-state index in [2.05, 4.69) is 0 Å². The first kappa shape index (κ1) is 20.2. The number of halogens is 2. The van der Waals surface area contributed by atoms with Crippen molar-refractivity contribution in [3.63, 3.8) is 0 Å². The molecule has 0 saturated heterocycles. The van der Waals surface area contributed by atoms with Crippen LogP contribution in [0.25, 0.3) is 5.57 Å². The lowest BCUT2D eigenvalue weighted by Crippen LogP contribution is -2.35. The summed E-state index contributed by atoms with van der Waals surface area (Å²) in [4.78, 5) is 24.4. The van der Waals surface area contributed by atoms with Crippen LogP contribution in [0.3, 0.4) is 0 Å². The summed E-state index contributed by atoms with van der Waals surface area (Å²) in [6, 6.07) is 5.06. The molecule has 146 valence electrons. The van der Waals surface area contributed by atoms with E-state index in [0.29, 0.717) is 34.0 Å². The highest BCUT2D eigenvalue weighted by atomic mass is 35.5. The number of carboxylic acids is 1. The maximum Gasteiger partial charge on any atom is 0.339 e. The second-order valence-electron chi connectivity index (χ2n) is 8.11. The van der Waals surface area contributed by atoms with Gasteiger partial charge in [-0.15, -0.1) is 0 Å². The summed E-state index contributed by atoms with van der Waals surface area (Å²) in [5, 5.41) is 10.4. The van der Waals surface area contributed by atoms with Crippen molar-refractivity contribution in [2.45, 2.75) is 64.4 Å². The van der Waals surface area contributed by atoms with E-state index in [1.165, 1.54) is 0 Å². The van der Waals surface area contributed by atoms with E-state index >= 15 is 0 Å². The Morgan fingerprint density at radius 3 is 2.48 bits per heavy atom. The Hall–Kier alpha value is -1.52. The molecule has 0 atom stereocenters. The minimum absolute atomic E-state index is 0.371. The lowest BCUT2D eigenvalue weighted by Gasteiger charge is -2.35. The molecule has 0 unspecified atom stereocenters. The molecule has 1 aliphatic carbocycles. The van der Waals surface area contributed by atoms with E-state index in [1.807, 2.05) is 0 Å². The minimum Gasteiger partial charge on any atom is -0.481 e. The maximum absolute atomic E-state index is 12.9. The van der Waals surface area contributed by atoms with Crippen molar-refractivity contribution in [2.75, 3.05) is 0 Å². The molecule has 1 fully saturated rings. The zero-order valence-corrected chi connectivity index (χ0v) is 17.1. The zero-order valence-electron chi connectivity index (χ0n) is 15.6. The van der Waals surface area contributed by atoms with Crippen LogP contribution in [0.5, 0.6) is 0 Å². The normalized spacial score (nSPS) is 19.5. The predicted molar refractivity (Wildman–Crippen MR) is 106 cm³/mol. The van der Waals surface area contributed by atoms with Gasteiger partial charge in [0.05, 0.1) is 16.0 Å². The third-order valence-electron chi connectivity index (χ3n) is 5.78. The predicted octanol–water partition coefficient (Wildman–Crippen LogP) is 5.90. The van der Waals surface area contributed by atoms with Crippen LogP contribution in [0, 0.1) is 5.41 Å². The lowest BCUT2D eigenvalue weighted by atomic mass is 9.74. The van der Waals surface area contributed by atoms with Crippen LogP contribution in [0.1, 0.15) is 64.4 Å². The van der Waals surface area contributed by atoms with Gasteiger partial charge < -0.3 is 9.84 Å². The summed E-state index contributed by atoms with van der Waals surface area (Å²) in [5.74, 6) is -1.22. The molecule has 1 aliphatic heterocycles. The number of carbonyl (C=O) groups is 2. The highest BCUT2D eigenvalue weighted by Crippen LogP contribution is 2.50. The van der Waals surface area contributed by atoms with Gasteiger partial charge in [-0.25, -0.2) is 4.79 Å². The first-order valence-electron chi connectivity index (χ1n) is 9.32. The van der Waals surface area contributed by atoms with Crippen LogP contribution < -0.4 is 0 Å². The molecule has 0 radical (unpaired) electrons. The van der Waals surface area contributed by atoms with Gasteiger partial charge in [0.2, 0.25) is 0 Å². The molecule has 27 heavy (non-hydrogen) atoms. The average molecular weight is 411 g/mol. The minimum atomic E-state index is -0.886. The van der Waals surface area contributed by atoms with Gasteiger partial charge in [-0.05, 0) is 70.1 Å². The van der Waals surface area contributed by atoms with Gasteiger partial charge in [0.25, 0.3) is 0 Å². The van der Waals surface area contributed by atoms with Crippen molar-refractivity contribution in [2.24, 2.45) is 5.41 Å². The molecule has 4 nitrogen and oxygen atoms in total. The Bertz CT molecular complexity index is 804. The van der Waals surface area contributed by atoms with Gasteiger partial charge in [0.1, 0.15) is 5.60 Å². The van der Waals surface area contributed by atoms with Gasteiger partial charge >= 0.3 is 11.9 Å². The molecule has 1 saturated carbocycles. The number of benzene rings is 1. The standard InChI is InChI=1S/C21H24Cl2O4/c1-20(2,19(25)26)11-8-15-17(14-7-6-13(22)12-16(14)23)18(24)27-21(15)9-4-3-5-10-21/h6-7,12H,3-5,8-11H2,1-2H3,(H,25,26). The van der Waals surface area contributed by atoms with Crippen molar-refractivity contribution >= 4 is 40.7 Å². The van der Waals surface area contributed by atoms with E-state index in [4.69, 9.17) is 27.9 Å². The van der Waals surface area contributed by atoms with E-state index < -0.39 is 17.0 Å². The highest BCUT2D eigenvalue weighted by Gasteiger charge is 2.48. The Labute approximate surface area is 169 Å². The number of aliphatic carboxylic acids is 1. The number of ether oxygens (including phenoxy) is 1. The third kappa shape index (κ3) is 3.88. The topological polar surface area (TPSA) is 63.6 Å². The van der Waals surface area contributed by atoms with Crippen molar-refractivity contribution < 1.29 is 19.4 Å². The molecule has 1 aromatic rings. The second kappa shape index (κ2) is 7.48. The van der Waals surface area contributed by atoms with Gasteiger partial charge in [-0.1, -0.05) is 35.7 Å². The summed E-state index contributed by atoms with van der Waals surface area (Å²) in [6.45, 7) is 3.41. The zero-order chi connectivity index (χ0) is 19.8. The Morgan fingerprint density at radius 2 is 1.89 bits per heavy atom. The number of hydrogen-bond donors (Lipinski definition) is 1. The monoisotopic (exact) mass is 410 g/mol. The van der Waals surface area contributed by atoms with Crippen LogP contribution in [-0.2, 0) is 14.3 Å². The van der Waals surface area contributed by atoms with Crippen LogP contribution in [0.15, 0.2) is 23.8 Å². The van der Waals surface area contributed by atoms with Crippen molar-refractivity contribution in [1.29, 1.82) is 0 Å². The number of carbonyl (C=O) groups excluding carboxylic acids is 1. The van der Waals surface area contributed by atoms with E-state index in [1.54, 1.807) is 32.0 Å². The lowest BCUT2D eigenvalue weighted by molar-refractivity contribution is -0.149. The Balaban J connectivity index is 2.08. The van der Waals surface area contributed by atoms with E-state index in [0.717, 1.165) is 37.7 Å². The molecule has 6 heteroatoms. The molecule has 0 amide bonds. The summed E-state index contributed by atoms with van der Waals surface area (Å²) in [5.41, 5.74) is 0.480. The van der Waals surface area contributed by atoms with Crippen LogP contribution >= 0.6 is 23.2 Å². The van der Waals surface area contributed by atoms with E-state index in [-0.39, 0.29) is 5.97 Å². The fourth-order valence-electron chi connectivity index (χ4n) is 4.03. The largest absolute Gasteiger partial charge is 0.481 e. The molecule has 0 bridgehead atoms. The molecule has 1 N–H and O–H groups in total. The summed E-state index contributed by atoms with van der Waals surface area (Å²) >= 11 is 12.4. The van der Waals surface area contributed by atoms with Gasteiger partial charge in [-0.3, -0.25) is 4.79 Å². The van der Waals surface area contributed by atoms with Crippen LogP contribution in [0.2, 0.25) is 10.0 Å². The quantitative estimate of drug-likeness (QED) is 0.613. The highest BCUT2D eigenvalue weighted by molar-refractivity contribution is 6.37. The van der Waals surface area contributed by atoms with Crippen molar-refractivity contribution in [3.05, 3.63) is 39.4 Å². The number of rotatable bonds is 5. The maximum atomic E-state index is 12.9. The molecule has 1 aromatic carbocycles. The number of hydrogen-bond acceptors (Lipinski definition) is 3. The smallest absolute Gasteiger partial charge is 0.339 e. The molecule has 1 spiro atoms. The van der Waals surface area contributed by atoms with E-state index in [9.17, 15) is 14.7 Å². The molecule has 2 aliphatic rings. The molecule has 1 heterocycles. The van der Waals surface area contributed by atoms with Gasteiger partial charge in [0, 0.05) is 10.6 Å². The molecule has 3 rings (SSSR count). The fourth-order valence-corrected chi connectivity index (χ4v) is 4.53. The average Bonchev–Trinajstić information content (AvgIpc) is 2.84. The summed E-state index contributed by atoms with van der Waals surface area (Å²) in [7, 11) is 0. The Kier molecular flexibility index (Phi) is 5.60. The SMILES string of the molecule is CC(C)(CCC1=C(c2ccc(Cl)cc2Cl)C(=O)OC12CCCCC2)C(=O)O. The fraction of sp³-hybridized carbons (Fsp3) is 0.524. The van der Waals surface area contributed by atoms with Crippen LogP contribution in [-0.4, -0.2) is 22.6 Å². The first-order chi connectivity index (χ1) is 12.7.